The molecule has 0 N–H and O–H groups in total. The predicted octanol–water partition coefficient (Wildman–Crippen LogP) is -0.967. The molecular formula is C22H24ClN3O4. The van der Waals surface area contributed by atoms with Gasteiger partial charge in [0.15, 0.2) is 5.71 Å². The fourth-order valence-corrected chi connectivity index (χ4v) is 2.87. The molecule has 1 aromatic heterocycles. The molecule has 7 nitrogen and oxygen atoms in total. The van der Waals surface area contributed by atoms with Crippen LogP contribution in [0, 0.1) is 10.2 Å². The van der Waals surface area contributed by atoms with Gasteiger partial charge in [-0.15, -0.1) is 10.2 Å². The van der Waals surface area contributed by atoms with Crippen molar-refractivity contribution < 1.29 is 33.5 Å². The number of halogens is 1. The Morgan fingerprint density at radius 2 is 1.27 bits per heavy atom. The molecule has 0 amide bonds. The molecule has 1 aliphatic carbocycles. The van der Waals surface area contributed by atoms with Gasteiger partial charge in [-0.25, -0.2) is 23.2 Å². The molecule has 1 aliphatic rings. The largest absolute Gasteiger partial charge is 0.378 e. The standard InChI is InChI=1S/C22H24N3.ClHO4/c1-24(2)20-9-5-17(6-10-20)22(19-13-15-23-16-14-19)18-7-11-21(12-8-18)25(3)4;2-1(3,4)5/h5-16H,1-4H3;(H,2,3,4,5)/q+1;/p-1. The number of pyridine rings is 1. The Balaban J connectivity index is 0.000000575. The Morgan fingerprint density at radius 3 is 1.70 bits per heavy atom. The van der Waals surface area contributed by atoms with E-state index in [1.807, 2.05) is 12.4 Å². The van der Waals surface area contributed by atoms with Crippen LogP contribution < -0.4 is 23.5 Å². The number of nitrogens with zero attached hydrogens (tertiary/aromatic N) is 3. The van der Waals surface area contributed by atoms with Crippen molar-refractivity contribution in [3.05, 3.63) is 89.8 Å². The molecule has 0 radical (unpaired) electrons. The summed E-state index contributed by atoms with van der Waals surface area (Å²) in [6.45, 7) is 0. The first-order valence-electron chi connectivity index (χ1n) is 9.01. The summed E-state index contributed by atoms with van der Waals surface area (Å²) < 4.78 is 36.1. The molecule has 0 spiro atoms. The number of anilines is 1. The first-order valence-corrected chi connectivity index (χ1v) is 10.2. The Labute approximate surface area is 178 Å². The zero-order valence-electron chi connectivity index (χ0n) is 17.3. The second-order valence-electron chi connectivity index (χ2n) is 6.87. The molecule has 0 fully saturated rings. The van der Waals surface area contributed by atoms with Gasteiger partial charge in [-0.1, -0.05) is 12.1 Å². The van der Waals surface area contributed by atoms with Crippen LogP contribution in [0.3, 0.4) is 0 Å². The minimum atomic E-state index is -4.94. The van der Waals surface area contributed by atoms with Crippen molar-refractivity contribution in [2.45, 2.75) is 0 Å². The van der Waals surface area contributed by atoms with Gasteiger partial charge in [-0.05, 0) is 58.7 Å². The molecule has 0 aliphatic heterocycles. The Morgan fingerprint density at radius 1 is 0.800 bits per heavy atom. The molecule has 2 aromatic rings. The fourth-order valence-electron chi connectivity index (χ4n) is 2.87. The molecule has 1 aromatic carbocycles. The summed E-state index contributed by atoms with van der Waals surface area (Å²) in [5, 5.41) is 0. The predicted molar refractivity (Wildman–Crippen MR) is 106 cm³/mol. The van der Waals surface area contributed by atoms with Crippen LogP contribution in [0.2, 0.25) is 0 Å². The maximum atomic E-state index is 8.49. The normalized spacial score (nSPS) is 12.9. The average Bonchev–Trinajstić information content (AvgIpc) is 2.68. The van der Waals surface area contributed by atoms with E-state index in [1.54, 1.807) is 0 Å². The van der Waals surface area contributed by atoms with Crippen LogP contribution >= 0.6 is 0 Å². The molecule has 0 unspecified atom stereocenters. The average molecular weight is 430 g/mol. The fraction of sp³-hybridized carbons (Fsp3) is 0.182. The van der Waals surface area contributed by atoms with E-state index in [2.05, 4.69) is 103 Å². The molecule has 0 bridgehead atoms. The monoisotopic (exact) mass is 429 g/mol. The van der Waals surface area contributed by atoms with Crippen molar-refractivity contribution in [3.63, 3.8) is 0 Å². The van der Waals surface area contributed by atoms with Crippen molar-refractivity contribution in [3.8, 4) is 0 Å². The minimum Gasteiger partial charge on any atom is -0.378 e. The maximum Gasteiger partial charge on any atom is 0.199 e. The third-order valence-electron chi connectivity index (χ3n) is 4.31. The van der Waals surface area contributed by atoms with Crippen LogP contribution in [0.1, 0.15) is 11.1 Å². The molecule has 0 saturated heterocycles. The highest BCUT2D eigenvalue weighted by Gasteiger charge is 2.13. The lowest BCUT2D eigenvalue weighted by molar-refractivity contribution is -2.00. The highest BCUT2D eigenvalue weighted by Crippen LogP contribution is 2.30. The molecule has 30 heavy (non-hydrogen) atoms. The van der Waals surface area contributed by atoms with Crippen LogP contribution in [-0.4, -0.2) is 43.5 Å². The second-order valence-corrected chi connectivity index (χ2v) is 7.63. The SMILES string of the molecule is CN(C)c1ccc(C(=C2C=CC(=[N+](C)C)C=C2)c2ccncc2)cc1.[O-][Cl+3]([O-])([O-])[O-]. The van der Waals surface area contributed by atoms with Crippen molar-refractivity contribution in [2.75, 3.05) is 33.1 Å². The quantitative estimate of drug-likeness (QED) is 0.580. The zero-order valence-corrected chi connectivity index (χ0v) is 18.0. The third-order valence-corrected chi connectivity index (χ3v) is 4.31. The van der Waals surface area contributed by atoms with Crippen LogP contribution in [0.15, 0.2) is 78.7 Å². The highest BCUT2D eigenvalue weighted by atomic mass is 35.7. The van der Waals surface area contributed by atoms with E-state index < -0.39 is 10.2 Å². The first kappa shape index (κ1) is 23.5. The van der Waals surface area contributed by atoms with Gasteiger partial charge < -0.3 is 4.90 Å². The van der Waals surface area contributed by atoms with E-state index in [4.69, 9.17) is 18.6 Å². The molecule has 3 rings (SSSR count). The number of hydrogen-bond acceptors (Lipinski definition) is 6. The summed E-state index contributed by atoms with van der Waals surface area (Å²) in [6, 6.07) is 12.8. The minimum absolute atomic E-state index is 1.17. The lowest BCUT2D eigenvalue weighted by Gasteiger charge is -2.17. The maximum absolute atomic E-state index is 8.49. The first-order chi connectivity index (χ1) is 14.1. The van der Waals surface area contributed by atoms with Crippen molar-refractivity contribution in [1.29, 1.82) is 0 Å². The summed E-state index contributed by atoms with van der Waals surface area (Å²) in [4.78, 5) is 6.28. The lowest BCUT2D eigenvalue weighted by atomic mass is 9.91. The summed E-state index contributed by atoms with van der Waals surface area (Å²) in [5.41, 5.74) is 7.19. The van der Waals surface area contributed by atoms with E-state index in [0.717, 1.165) is 0 Å². The van der Waals surface area contributed by atoms with E-state index >= 15 is 0 Å². The van der Waals surface area contributed by atoms with Gasteiger partial charge in [0, 0.05) is 44.3 Å². The number of aromatic nitrogens is 1. The van der Waals surface area contributed by atoms with Gasteiger partial charge in [0.1, 0.15) is 14.1 Å². The van der Waals surface area contributed by atoms with E-state index in [9.17, 15) is 0 Å². The number of allylic oxidation sites excluding steroid dienone is 5. The van der Waals surface area contributed by atoms with Gasteiger partial charge in [-0.3, -0.25) is 4.98 Å². The van der Waals surface area contributed by atoms with Crippen molar-refractivity contribution >= 4 is 17.0 Å². The second kappa shape index (κ2) is 10.3. The van der Waals surface area contributed by atoms with Crippen LogP contribution in [-0.2, 0) is 0 Å². The number of rotatable bonds is 3. The Hall–Kier alpha value is -2.81. The molecule has 0 atom stereocenters. The van der Waals surface area contributed by atoms with Gasteiger partial charge in [0.2, 0.25) is 0 Å². The van der Waals surface area contributed by atoms with E-state index in [0.29, 0.717) is 0 Å². The topological polar surface area (TPSA) is 111 Å². The summed E-state index contributed by atoms with van der Waals surface area (Å²) in [7, 11) is 3.29. The molecule has 1 heterocycles. The Bertz CT molecular complexity index is 946. The van der Waals surface area contributed by atoms with Gasteiger partial charge >= 0.3 is 0 Å². The third kappa shape index (κ3) is 7.22. The zero-order chi connectivity index (χ0) is 22.3. The van der Waals surface area contributed by atoms with Gasteiger partial charge in [0.05, 0.1) is 0 Å². The molecule has 0 saturated carbocycles. The number of benzene rings is 1. The van der Waals surface area contributed by atoms with E-state index in [1.165, 1.54) is 33.7 Å². The van der Waals surface area contributed by atoms with Crippen LogP contribution in [0.4, 0.5) is 5.69 Å². The van der Waals surface area contributed by atoms with E-state index in [-0.39, 0.29) is 0 Å². The van der Waals surface area contributed by atoms with Crippen molar-refractivity contribution in [1.82, 2.24) is 4.98 Å². The van der Waals surface area contributed by atoms with Gasteiger partial charge in [-0.2, -0.15) is 0 Å². The van der Waals surface area contributed by atoms with Gasteiger partial charge in [0.25, 0.3) is 0 Å². The summed E-state index contributed by atoms with van der Waals surface area (Å²) in [6.07, 6.45) is 12.4. The Kier molecular flexibility index (Phi) is 8.05. The molecular weight excluding hydrogens is 406 g/mol. The molecule has 8 heteroatoms. The highest BCUT2D eigenvalue weighted by molar-refractivity contribution is 6.03. The van der Waals surface area contributed by atoms with Crippen molar-refractivity contribution in [2.24, 2.45) is 0 Å². The van der Waals surface area contributed by atoms with Crippen LogP contribution in [0.5, 0.6) is 0 Å². The molecule has 158 valence electrons. The number of hydrogen-bond donors (Lipinski definition) is 0. The summed E-state index contributed by atoms with van der Waals surface area (Å²) in [5.74, 6) is 0. The lowest BCUT2D eigenvalue weighted by Crippen LogP contribution is -2.68. The van der Waals surface area contributed by atoms with Crippen LogP contribution in [0.25, 0.3) is 5.57 Å². The smallest absolute Gasteiger partial charge is 0.199 e. The summed E-state index contributed by atoms with van der Waals surface area (Å²) >= 11 is 0.